The van der Waals surface area contributed by atoms with Crippen molar-refractivity contribution < 1.29 is 14.6 Å². The SMILES string of the molecule is CCOc1ccc(NC(=O)CCC(O)c2ccc(-c3ccccc3)cc2)cc1. The van der Waals surface area contributed by atoms with Crippen LogP contribution in [0.5, 0.6) is 5.75 Å². The standard InChI is InChI=1S/C24H25NO3/c1-2-28-22-14-12-21(13-15-22)25-24(27)17-16-23(26)20-10-8-19(9-11-20)18-6-4-3-5-7-18/h3-15,23,26H,2,16-17H2,1H3,(H,25,27). The van der Waals surface area contributed by atoms with E-state index in [1.165, 1.54) is 0 Å². The van der Waals surface area contributed by atoms with Crippen molar-refractivity contribution >= 4 is 11.6 Å². The number of hydrogen-bond acceptors (Lipinski definition) is 3. The lowest BCUT2D eigenvalue weighted by atomic mass is 10.00. The van der Waals surface area contributed by atoms with E-state index in [-0.39, 0.29) is 12.3 Å². The highest BCUT2D eigenvalue weighted by atomic mass is 16.5. The minimum atomic E-state index is -0.670. The second-order valence-corrected chi connectivity index (χ2v) is 6.55. The Bertz CT molecular complexity index is 874. The number of rotatable bonds is 8. The van der Waals surface area contributed by atoms with Gasteiger partial charge in [0.25, 0.3) is 0 Å². The van der Waals surface area contributed by atoms with Gasteiger partial charge in [0.05, 0.1) is 12.7 Å². The topological polar surface area (TPSA) is 58.6 Å². The third-order valence-corrected chi connectivity index (χ3v) is 4.50. The number of nitrogens with one attached hydrogen (secondary N) is 1. The number of ether oxygens (including phenoxy) is 1. The summed E-state index contributed by atoms with van der Waals surface area (Å²) in [7, 11) is 0. The molecule has 0 bridgehead atoms. The molecule has 3 aromatic rings. The number of benzene rings is 3. The van der Waals surface area contributed by atoms with Crippen molar-refractivity contribution in [2.75, 3.05) is 11.9 Å². The molecule has 0 saturated carbocycles. The average Bonchev–Trinajstić information content (AvgIpc) is 2.74. The summed E-state index contributed by atoms with van der Waals surface area (Å²) >= 11 is 0. The molecule has 2 N–H and O–H groups in total. The highest BCUT2D eigenvalue weighted by Crippen LogP contribution is 2.24. The summed E-state index contributed by atoms with van der Waals surface area (Å²) in [5.41, 5.74) is 3.77. The fourth-order valence-corrected chi connectivity index (χ4v) is 2.99. The van der Waals surface area contributed by atoms with Gasteiger partial charge in [0.1, 0.15) is 5.75 Å². The van der Waals surface area contributed by atoms with Gasteiger partial charge in [-0.3, -0.25) is 4.79 Å². The van der Waals surface area contributed by atoms with Crippen LogP contribution < -0.4 is 10.1 Å². The molecule has 144 valence electrons. The third kappa shape index (κ3) is 5.44. The van der Waals surface area contributed by atoms with Crippen molar-refractivity contribution in [1.29, 1.82) is 0 Å². The van der Waals surface area contributed by atoms with Gasteiger partial charge >= 0.3 is 0 Å². The van der Waals surface area contributed by atoms with Crippen LogP contribution in [0.1, 0.15) is 31.4 Å². The molecule has 1 atom stereocenters. The number of aliphatic hydroxyl groups is 1. The maximum absolute atomic E-state index is 12.1. The highest BCUT2D eigenvalue weighted by molar-refractivity contribution is 5.90. The van der Waals surface area contributed by atoms with E-state index in [1.807, 2.05) is 73.7 Å². The molecule has 0 radical (unpaired) electrons. The Hall–Kier alpha value is -3.11. The number of hydrogen-bond donors (Lipinski definition) is 2. The molecular weight excluding hydrogens is 350 g/mol. The Morgan fingerprint density at radius 3 is 2.21 bits per heavy atom. The zero-order chi connectivity index (χ0) is 19.8. The lowest BCUT2D eigenvalue weighted by Gasteiger charge is -2.12. The van der Waals surface area contributed by atoms with Gasteiger partial charge in [-0.2, -0.15) is 0 Å². The molecule has 0 aliphatic heterocycles. The quantitative estimate of drug-likeness (QED) is 0.569. The lowest BCUT2D eigenvalue weighted by Crippen LogP contribution is -2.13. The Labute approximate surface area is 165 Å². The number of aliphatic hydroxyl groups excluding tert-OH is 1. The Morgan fingerprint density at radius 1 is 0.929 bits per heavy atom. The van der Waals surface area contributed by atoms with E-state index >= 15 is 0 Å². The Morgan fingerprint density at radius 2 is 1.57 bits per heavy atom. The first-order chi connectivity index (χ1) is 13.7. The molecule has 1 unspecified atom stereocenters. The second-order valence-electron chi connectivity index (χ2n) is 6.55. The number of carbonyl (C=O) groups excluding carboxylic acids is 1. The van der Waals surface area contributed by atoms with E-state index in [0.717, 1.165) is 28.1 Å². The maximum atomic E-state index is 12.1. The smallest absolute Gasteiger partial charge is 0.224 e. The van der Waals surface area contributed by atoms with Crippen LogP contribution in [0.25, 0.3) is 11.1 Å². The molecular formula is C24H25NO3. The predicted octanol–water partition coefficient (Wildman–Crippen LogP) is 5.20. The normalized spacial score (nSPS) is 11.6. The minimum absolute atomic E-state index is 0.121. The molecule has 28 heavy (non-hydrogen) atoms. The molecule has 0 aromatic heterocycles. The zero-order valence-corrected chi connectivity index (χ0v) is 16.0. The van der Waals surface area contributed by atoms with Gasteiger partial charge in [0, 0.05) is 12.1 Å². The van der Waals surface area contributed by atoms with Crippen LogP contribution in [0.3, 0.4) is 0 Å². The number of anilines is 1. The molecule has 3 aromatic carbocycles. The first-order valence-electron chi connectivity index (χ1n) is 9.52. The first kappa shape index (κ1) is 19.6. The van der Waals surface area contributed by atoms with Gasteiger partial charge in [0.15, 0.2) is 0 Å². The summed E-state index contributed by atoms with van der Waals surface area (Å²) in [4.78, 5) is 12.1. The molecule has 4 heteroatoms. The van der Waals surface area contributed by atoms with Crippen LogP contribution in [-0.4, -0.2) is 17.6 Å². The van der Waals surface area contributed by atoms with E-state index in [0.29, 0.717) is 13.0 Å². The first-order valence-corrected chi connectivity index (χ1v) is 9.52. The molecule has 0 aliphatic carbocycles. The fourth-order valence-electron chi connectivity index (χ4n) is 2.99. The van der Waals surface area contributed by atoms with Gasteiger partial charge in [-0.25, -0.2) is 0 Å². The van der Waals surface area contributed by atoms with Gasteiger partial charge in [-0.15, -0.1) is 0 Å². The molecule has 1 amide bonds. The predicted molar refractivity (Wildman–Crippen MR) is 112 cm³/mol. The summed E-state index contributed by atoms with van der Waals surface area (Å²) in [5, 5.41) is 13.2. The summed E-state index contributed by atoms with van der Waals surface area (Å²) in [5.74, 6) is 0.652. The Balaban J connectivity index is 1.50. The van der Waals surface area contributed by atoms with Crippen molar-refractivity contribution in [2.45, 2.75) is 25.9 Å². The van der Waals surface area contributed by atoms with Crippen molar-refractivity contribution in [3.63, 3.8) is 0 Å². The van der Waals surface area contributed by atoms with Crippen molar-refractivity contribution in [3.05, 3.63) is 84.4 Å². The van der Waals surface area contributed by atoms with Crippen LogP contribution in [0.15, 0.2) is 78.9 Å². The summed E-state index contributed by atoms with van der Waals surface area (Å²) in [6.45, 7) is 2.53. The maximum Gasteiger partial charge on any atom is 0.224 e. The van der Waals surface area contributed by atoms with E-state index < -0.39 is 6.10 Å². The van der Waals surface area contributed by atoms with Crippen molar-refractivity contribution in [1.82, 2.24) is 0 Å². The van der Waals surface area contributed by atoms with Crippen LogP contribution in [0.4, 0.5) is 5.69 Å². The molecule has 0 fully saturated rings. The van der Waals surface area contributed by atoms with E-state index in [4.69, 9.17) is 4.74 Å². The van der Waals surface area contributed by atoms with Crippen LogP contribution in [-0.2, 0) is 4.79 Å². The van der Waals surface area contributed by atoms with Gasteiger partial charge in [0.2, 0.25) is 5.91 Å². The molecule has 3 rings (SSSR count). The average molecular weight is 375 g/mol. The van der Waals surface area contributed by atoms with Crippen LogP contribution in [0, 0.1) is 0 Å². The van der Waals surface area contributed by atoms with Crippen LogP contribution >= 0.6 is 0 Å². The zero-order valence-electron chi connectivity index (χ0n) is 16.0. The number of amides is 1. The van der Waals surface area contributed by atoms with Gasteiger partial charge in [-0.1, -0.05) is 54.6 Å². The second kappa shape index (κ2) is 9.72. The van der Waals surface area contributed by atoms with Crippen molar-refractivity contribution in [3.8, 4) is 16.9 Å². The van der Waals surface area contributed by atoms with Gasteiger partial charge < -0.3 is 15.2 Å². The summed E-state index contributed by atoms with van der Waals surface area (Å²) in [6, 6.07) is 25.2. The van der Waals surface area contributed by atoms with Crippen LogP contribution in [0.2, 0.25) is 0 Å². The summed E-state index contributed by atoms with van der Waals surface area (Å²) < 4.78 is 5.38. The minimum Gasteiger partial charge on any atom is -0.494 e. The van der Waals surface area contributed by atoms with E-state index in [9.17, 15) is 9.90 Å². The fraction of sp³-hybridized carbons (Fsp3) is 0.208. The lowest BCUT2D eigenvalue weighted by molar-refractivity contribution is -0.116. The number of carbonyl (C=O) groups is 1. The van der Waals surface area contributed by atoms with E-state index in [1.54, 1.807) is 0 Å². The molecule has 0 spiro atoms. The van der Waals surface area contributed by atoms with E-state index in [2.05, 4.69) is 17.4 Å². The Kier molecular flexibility index (Phi) is 6.82. The highest BCUT2D eigenvalue weighted by Gasteiger charge is 2.11. The third-order valence-electron chi connectivity index (χ3n) is 4.50. The molecule has 0 saturated heterocycles. The molecule has 0 heterocycles. The van der Waals surface area contributed by atoms with Gasteiger partial charge in [-0.05, 0) is 54.3 Å². The molecule has 0 aliphatic rings. The monoisotopic (exact) mass is 375 g/mol. The molecule has 4 nitrogen and oxygen atoms in total. The largest absolute Gasteiger partial charge is 0.494 e. The van der Waals surface area contributed by atoms with Crippen molar-refractivity contribution in [2.24, 2.45) is 0 Å². The summed E-state index contributed by atoms with van der Waals surface area (Å²) in [6.07, 6.45) is -0.0570.